The van der Waals surface area contributed by atoms with E-state index in [9.17, 15) is 4.79 Å². The fourth-order valence-corrected chi connectivity index (χ4v) is 5.05. The molecule has 4 aromatic rings. The minimum Gasteiger partial charge on any atom is -0.494 e. The van der Waals surface area contributed by atoms with Crippen molar-refractivity contribution in [3.63, 3.8) is 0 Å². The van der Waals surface area contributed by atoms with Crippen LogP contribution in [0, 0.1) is 0 Å². The van der Waals surface area contributed by atoms with Gasteiger partial charge in [-0.3, -0.25) is 4.79 Å². The van der Waals surface area contributed by atoms with Crippen molar-refractivity contribution in [2.45, 2.75) is 78.1 Å². The third-order valence-corrected chi connectivity index (χ3v) is 8.18. The normalized spacial score (nSPS) is 10.6. The monoisotopic (exact) mass is 737 g/mol. The highest BCUT2D eigenvalue weighted by atomic mass is 79.9. The molecule has 6 nitrogen and oxygen atoms in total. The van der Waals surface area contributed by atoms with Gasteiger partial charge in [0.05, 0.1) is 24.7 Å². The van der Waals surface area contributed by atoms with Crippen molar-refractivity contribution in [1.29, 1.82) is 0 Å². The average molecular weight is 740 g/mol. The summed E-state index contributed by atoms with van der Waals surface area (Å²) in [6.45, 7) is 5.97. The number of hydrogen-bond acceptors (Lipinski definition) is 6. The summed E-state index contributed by atoms with van der Waals surface area (Å²) < 4.78 is 12.5. The molecule has 1 heterocycles. The lowest BCUT2D eigenvalue weighted by atomic mass is 10.1. The fraction of sp³-hybridized carbons (Fsp3) is 0.405. The molecule has 0 aliphatic heterocycles. The SMILES string of the molecule is CCCCCCCOc1ccc(-c2cnc(-c3ccc(Br)cc3)nn2)cc1.CCCCCCCOc1ccc(C(=O)CBr)cc1. The summed E-state index contributed by atoms with van der Waals surface area (Å²) in [6.07, 6.45) is 14.2. The van der Waals surface area contributed by atoms with E-state index < -0.39 is 0 Å². The second kappa shape index (κ2) is 21.6. The molecule has 0 atom stereocenters. The van der Waals surface area contributed by atoms with E-state index in [2.05, 4.69) is 60.9 Å². The first kappa shape index (κ1) is 36.4. The molecule has 0 spiro atoms. The Morgan fingerprint density at radius 1 is 0.644 bits per heavy atom. The van der Waals surface area contributed by atoms with Crippen LogP contribution in [0.15, 0.2) is 83.5 Å². The highest BCUT2D eigenvalue weighted by molar-refractivity contribution is 9.10. The summed E-state index contributed by atoms with van der Waals surface area (Å²) in [5, 5.41) is 8.94. The van der Waals surface area contributed by atoms with Crippen LogP contribution < -0.4 is 9.47 Å². The largest absolute Gasteiger partial charge is 0.494 e. The van der Waals surface area contributed by atoms with E-state index in [-0.39, 0.29) is 5.78 Å². The molecule has 4 rings (SSSR count). The predicted octanol–water partition coefficient (Wildman–Crippen LogP) is 10.9. The Labute approximate surface area is 285 Å². The molecule has 240 valence electrons. The number of ketones is 1. The molecule has 0 fully saturated rings. The van der Waals surface area contributed by atoms with Crippen molar-refractivity contribution in [3.8, 4) is 34.1 Å². The molecule has 0 amide bonds. The average Bonchev–Trinajstić information content (AvgIpc) is 3.09. The molecular formula is C37H45Br2N3O3. The Morgan fingerprint density at radius 3 is 1.64 bits per heavy atom. The van der Waals surface area contributed by atoms with Gasteiger partial charge < -0.3 is 9.47 Å². The lowest BCUT2D eigenvalue weighted by Crippen LogP contribution is -2.01. The zero-order valence-corrected chi connectivity index (χ0v) is 29.7. The van der Waals surface area contributed by atoms with E-state index in [1.165, 1.54) is 51.4 Å². The predicted molar refractivity (Wildman–Crippen MR) is 191 cm³/mol. The number of hydrogen-bond donors (Lipinski definition) is 0. The van der Waals surface area contributed by atoms with Crippen LogP contribution in [0.1, 0.15) is 88.4 Å². The van der Waals surface area contributed by atoms with Gasteiger partial charge in [0.1, 0.15) is 17.2 Å². The summed E-state index contributed by atoms with van der Waals surface area (Å²) >= 11 is 6.59. The maximum Gasteiger partial charge on any atom is 0.181 e. The number of alkyl halides is 1. The van der Waals surface area contributed by atoms with Gasteiger partial charge in [-0.05, 0) is 73.5 Å². The van der Waals surface area contributed by atoms with Gasteiger partial charge in [-0.25, -0.2) is 4.98 Å². The molecule has 0 aliphatic rings. The number of halogens is 2. The van der Waals surface area contributed by atoms with Crippen LogP contribution in [0.2, 0.25) is 0 Å². The fourth-order valence-electron chi connectivity index (χ4n) is 4.47. The van der Waals surface area contributed by atoms with E-state index in [0.29, 0.717) is 11.2 Å². The molecule has 0 N–H and O–H groups in total. The Bertz CT molecular complexity index is 1360. The number of nitrogens with zero attached hydrogens (tertiary/aromatic N) is 3. The number of carbonyl (C=O) groups excluding carboxylic acids is 1. The van der Waals surface area contributed by atoms with Crippen LogP contribution in [-0.2, 0) is 0 Å². The third-order valence-electron chi connectivity index (χ3n) is 7.14. The van der Waals surface area contributed by atoms with Crippen molar-refractivity contribution in [2.75, 3.05) is 18.5 Å². The van der Waals surface area contributed by atoms with E-state index in [4.69, 9.17) is 9.47 Å². The summed E-state index contributed by atoms with van der Waals surface area (Å²) in [7, 11) is 0. The number of ether oxygens (including phenoxy) is 2. The number of unbranched alkanes of at least 4 members (excludes halogenated alkanes) is 8. The smallest absolute Gasteiger partial charge is 0.181 e. The second-order valence-electron chi connectivity index (χ2n) is 10.8. The summed E-state index contributed by atoms with van der Waals surface area (Å²) in [5.74, 6) is 2.45. The van der Waals surface area contributed by atoms with E-state index in [0.717, 1.165) is 64.4 Å². The first-order chi connectivity index (χ1) is 22.0. The molecule has 1 aromatic heterocycles. The number of aromatic nitrogens is 3. The molecule has 0 saturated heterocycles. The molecule has 0 unspecified atom stereocenters. The molecule has 0 aliphatic carbocycles. The highest BCUT2D eigenvalue weighted by Crippen LogP contribution is 2.22. The Kier molecular flexibility index (Phi) is 17.5. The van der Waals surface area contributed by atoms with Crippen molar-refractivity contribution < 1.29 is 14.3 Å². The van der Waals surface area contributed by atoms with Gasteiger partial charge in [0.15, 0.2) is 11.6 Å². The van der Waals surface area contributed by atoms with E-state index >= 15 is 0 Å². The Balaban J connectivity index is 0.000000268. The lowest BCUT2D eigenvalue weighted by Gasteiger charge is -2.07. The van der Waals surface area contributed by atoms with Gasteiger partial charge >= 0.3 is 0 Å². The summed E-state index contributed by atoms with van der Waals surface area (Å²) in [6, 6.07) is 23.2. The number of carbonyl (C=O) groups is 1. The van der Waals surface area contributed by atoms with Gasteiger partial charge in [-0.2, -0.15) is 0 Å². The maximum absolute atomic E-state index is 11.4. The Morgan fingerprint density at radius 2 is 1.16 bits per heavy atom. The molecular weight excluding hydrogens is 694 g/mol. The van der Waals surface area contributed by atoms with E-state index in [1.807, 2.05) is 72.8 Å². The van der Waals surface area contributed by atoms with Crippen LogP contribution >= 0.6 is 31.9 Å². The number of benzene rings is 3. The van der Waals surface area contributed by atoms with Crippen molar-refractivity contribution in [2.24, 2.45) is 0 Å². The van der Waals surface area contributed by atoms with Crippen LogP contribution in [0.3, 0.4) is 0 Å². The third kappa shape index (κ3) is 13.8. The number of Topliss-reactive ketones (excluding diaryl/α,β-unsaturated/α-hetero) is 1. The van der Waals surface area contributed by atoms with Gasteiger partial charge in [0, 0.05) is 21.2 Å². The van der Waals surface area contributed by atoms with Crippen LogP contribution in [0.25, 0.3) is 22.6 Å². The van der Waals surface area contributed by atoms with Crippen molar-refractivity contribution in [1.82, 2.24) is 15.2 Å². The maximum atomic E-state index is 11.4. The molecule has 45 heavy (non-hydrogen) atoms. The number of rotatable bonds is 18. The van der Waals surface area contributed by atoms with Gasteiger partial charge in [-0.15, -0.1) is 10.2 Å². The minimum atomic E-state index is 0.0983. The van der Waals surface area contributed by atoms with Crippen molar-refractivity contribution in [3.05, 3.63) is 89.0 Å². The Hall–Kier alpha value is -3.10. The summed E-state index contributed by atoms with van der Waals surface area (Å²) in [5.41, 5.74) is 3.40. The second-order valence-corrected chi connectivity index (χ2v) is 12.3. The van der Waals surface area contributed by atoms with Gasteiger partial charge in [0.2, 0.25) is 0 Å². The topological polar surface area (TPSA) is 74.2 Å². The molecule has 0 bridgehead atoms. The quantitative estimate of drug-likeness (QED) is 0.0575. The summed E-state index contributed by atoms with van der Waals surface area (Å²) in [4.78, 5) is 15.8. The first-order valence-electron chi connectivity index (χ1n) is 16.0. The van der Waals surface area contributed by atoms with Crippen LogP contribution in [-0.4, -0.2) is 39.5 Å². The van der Waals surface area contributed by atoms with Crippen LogP contribution in [0.5, 0.6) is 11.5 Å². The molecule has 8 heteroatoms. The van der Waals surface area contributed by atoms with E-state index in [1.54, 1.807) is 6.20 Å². The minimum absolute atomic E-state index is 0.0983. The van der Waals surface area contributed by atoms with Gasteiger partial charge in [0.25, 0.3) is 0 Å². The first-order valence-corrected chi connectivity index (χ1v) is 18.0. The van der Waals surface area contributed by atoms with Crippen molar-refractivity contribution >= 4 is 37.6 Å². The van der Waals surface area contributed by atoms with Gasteiger partial charge in [-0.1, -0.05) is 109 Å². The highest BCUT2D eigenvalue weighted by Gasteiger charge is 2.06. The van der Waals surface area contributed by atoms with Crippen LogP contribution in [0.4, 0.5) is 0 Å². The zero-order valence-electron chi connectivity index (χ0n) is 26.5. The lowest BCUT2D eigenvalue weighted by molar-refractivity contribution is 0.102. The zero-order chi connectivity index (χ0) is 32.1. The standard InChI is InChI=1S/C22H24BrN3O.C15H21BrO2/c1-2-3-4-5-6-15-27-20-13-9-17(10-14-20)21-16-24-22(26-25-21)18-7-11-19(23)12-8-18;1-2-3-4-5-6-11-18-14-9-7-13(8-10-14)15(17)12-16/h7-14,16H,2-6,15H2,1H3;7-10H,2-6,11-12H2,1H3. The molecule has 0 radical (unpaired) electrons. The molecule has 3 aromatic carbocycles. The molecule has 0 saturated carbocycles.